The molecule has 0 aliphatic carbocycles. The van der Waals surface area contributed by atoms with E-state index < -0.39 is 0 Å². The maximum Gasteiger partial charge on any atom is 0.324 e. The number of hydrogen-bond acceptors (Lipinski definition) is 3. The molecule has 0 heterocycles. The van der Waals surface area contributed by atoms with E-state index in [0.717, 1.165) is 25.8 Å². The largest absolute Gasteiger partial charge is 0.371 e. The number of carbonyl (C=O) groups is 1. The summed E-state index contributed by atoms with van der Waals surface area (Å²) in [6.07, 6.45) is 15.4. The molecule has 0 radical (unpaired) electrons. The fraction of sp³-hybridized carbons (Fsp3) is 0.941. The van der Waals surface area contributed by atoms with Crippen molar-refractivity contribution in [1.82, 2.24) is 5.48 Å². The summed E-state index contributed by atoms with van der Waals surface area (Å²) in [5.74, 6) is -0.107. The predicted molar refractivity (Wildman–Crippen MR) is 85.5 cm³/mol. The maximum atomic E-state index is 11.4. The van der Waals surface area contributed by atoms with Crippen LogP contribution in [0.1, 0.15) is 97.3 Å². The molecule has 0 aromatic carbocycles. The Balaban J connectivity index is 3.11. The lowest BCUT2D eigenvalue weighted by atomic mass is 10.1. The lowest BCUT2D eigenvalue weighted by Gasteiger charge is -2.06. The second kappa shape index (κ2) is 16.5. The van der Waals surface area contributed by atoms with E-state index in [9.17, 15) is 4.79 Å². The van der Waals surface area contributed by atoms with Gasteiger partial charge in [-0.05, 0) is 12.8 Å². The fourth-order valence-electron chi connectivity index (χ4n) is 2.21. The minimum absolute atomic E-state index is 0.107. The average Bonchev–Trinajstić information content (AvgIpc) is 2.45. The molecule has 3 nitrogen and oxygen atoms in total. The van der Waals surface area contributed by atoms with Gasteiger partial charge >= 0.3 is 5.97 Å². The average molecular weight is 285 g/mol. The van der Waals surface area contributed by atoms with E-state index in [-0.39, 0.29) is 5.97 Å². The Bertz CT molecular complexity index is 207. The molecule has 0 bridgehead atoms. The van der Waals surface area contributed by atoms with Crippen molar-refractivity contribution in [2.75, 3.05) is 6.54 Å². The smallest absolute Gasteiger partial charge is 0.324 e. The van der Waals surface area contributed by atoms with Crippen molar-refractivity contribution in [2.24, 2.45) is 0 Å². The summed E-state index contributed by atoms with van der Waals surface area (Å²) < 4.78 is 0. The highest BCUT2D eigenvalue weighted by Crippen LogP contribution is 2.07. The molecule has 0 unspecified atom stereocenters. The first kappa shape index (κ1) is 19.4. The van der Waals surface area contributed by atoms with Gasteiger partial charge in [0.25, 0.3) is 0 Å². The molecule has 0 spiro atoms. The first-order valence-corrected chi connectivity index (χ1v) is 8.73. The zero-order valence-corrected chi connectivity index (χ0v) is 13.7. The summed E-state index contributed by atoms with van der Waals surface area (Å²) >= 11 is 0. The minimum atomic E-state index is -0.107. The molecule has 0 aromatic rings. The number of hydrogen-bond donors (Lipinski definition) is 1. The molecule has 0 fully saturated rings. The first-order chi connectivity index (χ1) is 9.81. The van der Waals surface area contributed by atoms with Gasteiger partial charge in [0, 0.05) is 13.0 Å². The van der Waals surface area contributed by atoms with Crippen LogP contribution < -0.4 is 5.48 Å². The molecule has 120 valence electrons. The molecule has 20 heavy (non-hydrogen) atoms. The van der Waals surface area contributed by atoms with E-state index in [4.69, 9.17) is 4.84 Å². The number of unbranched alkanes of at least 4 members (excludes halogenated alkanes) is 10. The van der Waals surface area contributed by atoms with Crippen LogP contribution in [0.15, 0.2) is 0 Å². The Morgan fingerprint density at radius 2 is 1.25 bits per heavy atom. The quantitative estimate of drug-likeness (QED) is 0.334. The fourth-order valence-corrected chi connectivity index (χ4v) is 2.21. The van der Waals surface area contributed by atoms with E-state index in [1.54, 1.807) is 0 Å². The molecule has 1 N–H and O–H groups in total. The predicted octanol–water partition coefficient (Wildman–Crippen LogP) is 5.15. The molecular formula is C17H35NO2. The molecule has 0 atom stereocenters. The van der Waals surface area contributed by atoms with Gasteiger partial charge in [-0.15, -0.1) is 0 Å². The van der Waals surface area contributed by atoms with Gasteiger partial charge in [-0.2, -0.15) is 5.48 Å². The second-order valence-electron chi connectivity index (χ2n) is 5.65. The lowest BCUT2D eigenvalue weighted by molar-refractivity contribution is -0.151. The Labute approximate surface area is 125 Å². The van der Waals surface area contributed by atoms with E-state index in [1.165, 1.54) is 57.8 Å². The van der Waals surface area contributed by atoms with Crippen molar-refractivity contribution < 1.29 is 9.63 Å². The summed E-state index contributed by atoms with van der Waals surface area (Å²) in [7, 11) is 0. The summed E-state index contributed by atoms with van der Waals surface area (Å²) in [4.78, 5) is 16.4. The number of hydroxylamine groups is 1. The Kier molecular flexibility index (Phi) is 16.0. The van der Waals surface area contributed by atoms with E-state index in [1.807, 2.05) is 0 Å². The van der Waals surface area contributed by atoms with Crippen molar-refractivity contribution in [2.45, 2.75) is 97.3 Å². The van der Waals surface area contributed by atoms with Gasteiger partial charge in [0.2, 0.25) is 0 Å². The standard InChI is InChI=1S/C17H35NO2/c1-3-5-7-9-10-12-14-16-18-20-17(19)15-13-11-8-6-4-2/h18H,3-16H2,1-2H3. The third kappa shape index (κ3) is 15.5. The minimum Gasteiger partial charge on any atom is -0.371 e. The van der Waals surface area contributed by atoms with Gasteiger partial charge < -0.3 is 4.84 Å². The Hall–Kier alpha value is -0.570. The van der Waals surface area contributed by atoms with E-state index >= 15 is 0 Å². The van der Waals surface area contributed by atoms with Gasteiger partial charge in [-0.25, -0.2) is 0 Å². The maximum absolute atomic E-state index is 11.4. The third-order valence-corrected chi connectivity index (χ3v) is 3.55. The molecule has 0 saturated heterocycles. The SMILES string of the molecule is CCCCCCCCCNOC(=O)CCCCCCC. The van der Waals surface area contributed by atoms with Crippen LogP contribution in [0.25, 0.3) is 0 Å². The van der Waals surface area contributed by atoms with Crippen molar-refractivity contribution >= 4 is 5.97 Å². The topological polar surface area (TPSA) is 38.3 Å². The van der Waals surface area contributed by atoms with Gasteiger partial charge in [0.05, 0.1) is 0 Å². The van der Waals surface area contributed by atoms with Gasteiger partial charge in [-0.1, -0.05) is 78.1 Å². The third-order valence-electron chi connectivity index (χ3n) is 3.55. The summed E-state index contributed by atoms with van der Waals surface area (Å²) in [5.41, 5.74) is 2.79. The van der Waals surface area contributed by atoms with Gasteiger partial charge in [0.15, 0.2) is 0 Å². The lowest BCUT2D eigenvalue weighted by Crippen LogP contribution is -2.20. The Morgan fingerprint density at radius 1 is 0.750 bits per heavy atom. The molecule has 0 saturated carbocycles. The van der Waals surface area contributed by atoms with Crippen molar-refractivity contribution in [3.05, 3.63) is 0 Å². The summed E-state index contributed by atoms with van der Waals surface area (Å²) in [6.45, 7) is 5.22. The molecule has 0 aliphatic rings. The van der Waals surface area contributed by atoms with Crippen LogP contribution in [0, 0.1) is 0 Å². The van der Waals surface area contributed by atoms with Crippen molar-refractivity contribution in [1.29, 1.82) is 0 Å². The highest BCUT2D eigenvalue weighted by molar-refractivity contribution is 5.68. The van der Waals surface area contributed by atoms with Crippen LogP contribution in [-0.4, -0.2) is 12.5 Å². The van der Waals surface area contributed by atoms with Crippen LogP contribution in [0.5, 0.6) is 0 Å². The van der Waals surface area contributed by atoms with Crippen LogP contribution >= 0.6 is 0 Å². The summed E-state index contributed by atoms with van der Waals surface area (Å²) in [5, 5.41) is 0. The molecule has 0 rings (SSSR count). The first-order valence-electron chi connectivity index (χ1n) is 8.73. The number of carbonyl (C=O) groups excluding carboxylic acids is 1. The number of nitrogens with one attached hydrogen (secondary N) is 1. The summed E-state index contributed by atoms with van der Waals surface area (Å²) in [6, 6.07) is 0. The van der Waals surface area contributed by atoms with Crippen molar-refractivity contribution in [3.63, 3.8) is 0 Å². The van der Waals surface area contributed by atoms with Crippen LogP contribution in [0.2, 0.25) is 0 Å². The Morgan fingerprint density at radius 3 is 1.85 bits per heavy atom. The van der Waals surface area contributed by atoms with Gasteiger partial charge in [0.1, 0.15) is 0 Å². The molecule has 0 aliphatic heterocycles. The van der Waals surface area contributed by atoms with Gasteiger partial charge in [-0.3, -0.25) is 4.79 Å². The van der Waals surface area contributed by atoms with Crippen LogP contribution in [0.4, 0.5) is 0 Å². The van der Waals surface area contributed by atoms with Crippen LogP contribution in [-0.2, 0) is 9.63 Å². The normalized spacial score (nSPS) is 10.7. The van der Waals surface area contributed by atoms with E-state index in [2.05, 4.69) is 19.3 Å². The number of rotatable bonds is 15. The van der Waals surface area contributed by atoms with Crippen LogP contribution in [0.3, 0.4) is 0 Å². The zero-order chi connectivity index (χ0) is 14.9. The molecule has 0 amide bonds. The molecule has 0 aromatic heterocycles. The zero-order valence-electron chi connectivity index (χ0n) is 13.7. The highest BCUT2D eigenvalue weighted by Gasteiger charge is 2.02. The molecular weight excluding hydrogens is 250 g/mol. The monoisotopic (exact) mass is 285 g/mol. The van der Waals surface area contributed by atoms with Crippen molar-refractivity contribution in [3.8, 4) is 0 Å². The highest BCUT2D eigenvalue weighted by atomic mass is 16.7. The second-order valence-corrected chi connectivity index (χ2v) is 5.65. The van der Waals surface area contributed by atoms with E-state index in [0.29, 0.717) is 6.42 Å². The molecule has 3 heteroatoms.